The van der Waals surface area contributed by atoms with Crippen LogP contribution in [0.4, 0.5) is 0 Å². The topological polar surface area (TPSA) is 57.2 Å². The summed E-state index contributed by atoms with van der Waals surface area (Å²) >= 11 is 0. The normalized spacial score (nSPS) is 34.0. The number of terminal acetylenes is 1. The number of ether oxygens (including phenoxy) is 4. The summed E-state index contributed by atoms with van der Waals surface area (Å²) in [5.41, 5.74) is 0. The van der Waals surface area contributed by atoms with Crippen molar-refractivity contribution in [1.29, 1.82) is 0 Å². The Morgan fingerprint density at radius 3 is 2.61 bits per heavy atom. The molecule has 5 nitrogen and oxygen atoms in total. The third-order valence-electron chi connectivity index (χ3n) is 4.80. The SMILES string of the molecule is C#CC[C@H](O)[C@@H]1CCC[C@H]([C@H]2CC[C@H]([C@@H](CC)OCOC)O2)O1. The summed E-state index contributed by atoms with van der Waals surface area (Å²) in [6.07, 6.45) is 10.9. The molecule has 0 aromatic carbocycles. The largest absolute Gasteiger partial charge is 0.389 e. The standard InChI is InChI=1S/C18H30O5/c1-4-7-13(19)15-8-6-9-16(22-15)18-11-10-17(23-18)14(5-2)21-12-20-3/h1,13-19H,5-12H2,2-3H3/t13-,14+,15-,16+,17+,18+/m0/s1. The summed E-state index contributed by atoms with van der Waals surface area (Å²) in [6.45, 7) is 2.39. The maximum absolute atomic E-state index is 10.1. The van der Waals surface area contributed by atoms with E-state index in [1.807, 2.05) is 0 Å². The van der Waals surface area contributed by atoms with Gasteiger partial charge in [0.25, 0.3) is 0 Å². The van der Waals surface area contributed by atoms with Gasteiger partial charge in [-0.15, -0.1) is 12.3 Å². The molecular formula is C18H30O5. The molecule has 2 aliphatic rings. The lowest BCUT2D eigenvalue weighted by molar-refractivity contribution is -0.170. The van der Waals surface area contributed by atoms with E-state index in [4.69, 9.17) is 25.4 Å². The van der Waals surface area contributed by atoms with Crippen molar-refractivity contribution in [2.24, 2.45) is 0 Å². The predicted molar refractivity (Wildman–Crippen MR) is 86.9 cm³/mol. The minimum atomic E-state index is -0.576. The van der Waals surface area contributed by atoms with Crippen molar-refractivity contribution in [1.82, 2.24) is 0 Å². The van der Waals surface area contributed by atoms with E-state index < -0.39 is 6.10 Å². The molecule has 6 atom stereocenters. The molecule has 0 bridgehead atoms. The average molecular weight is 326 g/mol. The van der Waals surface area contributed by atoms with Crippen LogP contribution in [-0.2, 0) is 18.9 Å². The lowest BCUT2D eigenvalue weighted by atomic mass is 9.95. The van der Waals surface area contributed by atoms with E-state index in [0.717, 1.165) is 38.5 Å². The van der Waals surface area contributed by atoms with Gasteiger partial charge < -0.3 is 24.1 Å². The van der Waals surface area contributed by atoms with E-state index in [1.165, 1.54) is 0 Å². The van der Waals surface area contributed by atoms with Crippen LogP contribution < -0.4 is 0 Å². The Balaban J connectivity index is 1.84. The van der Waals surface area contributed by atoms with E-state index in [1.54, 1.807) is 7.11 Å². The van der Waals surface area contributed by atoms with Crippen LogP contribution in [0.5, 0.6) is 0 Å². The molecule has 5 heteroatoms. The highest BCUT2D eigenvalue weighted by Crippen LogP contribution is 2.33. The fraction of sp³-hybridized carbons (Fsp3) is 0.889. The molecule has 2 aliphatic heterocycles. The Bertz CT molecular complexity index is 380. The number of rotatable bonds is 8. The smallest absolute Gasteiger partial charge is 0.146 e. The van der Waals surface area contributed by atoms with Gasteiger partial charge in [0.1, 0.15) is 6.79 Å². The second kappa shape index (κ2) is 9.61. The molecule has 0 aromatic heterocycles. The third-order valence-corrected chi connectivity index (χ3v) is 4.80. The Morgan fingerprint density at radius 1 is 1.17 bits per heavy atom. The molecule has 2 rings (SSSR count). The summed E-state index contributed by atoms with van der Waals surface area (Å²) in [5, 5.41) is 10.1. The second-order valence-electron chi connectivity index (χ2n) is 6.43. The predicted octanol–water partition coefficient (Wildman–Crippen LogP) is 2.25. The van der Waals surface area contributed by atoms with Crippen LogP contribution in [0.25, 0.3) is 0 Å². The first-order chi connectivity index (χ1) is 11.2. The molecule has 1 N–H and O–H groups in total. The first kappa shape index (κ1) is 18.7. The monoisotopic (exact) mass is 326 g/mol. The minimum absolute atomic E-state index is 0.0473. The van der Waals surface area contributed by atoms with Gasteiger partial charge in [-0.2, -0.15) is 0 Å². The van der Waals surface area contributed by atoms with Crippen molar-refractivity contribution >= 4 is 0 Å². The van der Waals surface area contributed by atoms with Crippen molar-refractivity contribution in [3.63, 3.8) is 0 Å². The zero-order valence-electron chi connectivity index (χ0n) is 14.3. The molecule has 0 saturated carbocycles. The lowest BCUT2D eigenvalue weighted by Crippen LogP contribution is -2.42. The lowest BCUT2D eigenvalue weighted by Gasteiger charge is -2.35. The first-order valence-electron chi connectivity index (χ1n) is 8.72. The van der Waals surface area contributed by atoms with Gasteiger partial charge in [-0.25, -0.2) is 0 Å². The summed E-state index contributed by atoms with van der Waals surface area (Å²) in [5.74, 6) is 2.51. The van der Waals surface area contributed by atoms with Gasteiger partial charge in [0.15, 0.2) is 0 Å². The van der Waals surface area contributed by atoms with Gasteiger partial charge in [0, 0.05) is 13.5 Å². The zero-order chi connectivity index (χ0) is 16.7. The fourth-order valence-corrected chi connectivity index (χ4v) is 3.57. The van der Waals surface area contributed by atoms with Crippen molar-refractivity contribution in [3.05, 3.63) is 0 Å². The van der Waals surface area contributed by atoms with Gasteiger partial charge >= 0.3 is 0 Å². The van der Waals surface area contributed by atoms with Crippen LogP contribution in [0.2, 0.25) is 0 Å². The summed E-state index contributed by atoms with van der Waals surface area (Å²) in [4.78, 5) is 0. The average Bonchev–Trinajstić information content (AvgIpc) is 3.06. The molecule has 2 heterocycles. The van der Waals surface area contributed by atoms with Gasteiger partial charge in [-0.1, -0.05) is 6.92 Å². The molecule has 23 heavy (non-hydrogen) atoms. The highest BCUT2D eigenvalue weighted by atomic mass is 16.7. The molecule has 0 unspecified atom stereocenters. The Labute approximate surface area is 139 Å². The quantitative estimate of drug-likeness (QED) is 0.548. The third kappa shape index (κ3) is 5.17. The van der Waals surface area contributed by atoms with Crippen molar-refractivity contribution in [2.45, 2.75) is 88.5 Å². The van der Waals surface area contributed by atoms with Crippen LogP contribution in [-0.4, -0.2) is 55.6 Å². The Hall–Kier alpha value is -0.640. The molecule has 0 aromatic rings. The number of hydrogen-bond donors (Lipinski definition) is 1. The maximum atomic E-state index is 10.1. The minimum Gasteiger partial charge on any atom is -0.389 e. The molecule has 0 amide bonds. The van der Waals surface area contributed by atoms with Gasteiger partial charge in [0.2, 0.25) is 0 Å². The van der Waals surface area contributed by atoms with Crippen LogP contribution >= 0.6 is 0 Å². The van der Waals surface area contributed by atoms with Crippen LogP contribution in [0.1, 0.15) is 51.9 Å². The van der Waals surface area contributed by atoms with E-state index in [9.17, 15) is 5.11 Å². The van der Waals surface area contributed by atoms with Gasteiger partial charge in [0.05, 0.1) is 36.6 Å². The van der Waals surface area contributed by atoms with Crippen molar-refractivity contribution in [2.75, 3.05) is 13.9 Å². The van der Waals surface area contributed by atoms with Crippen LogP contribution in [0.3, 0.4) is 0 Å². The summed E-state index contributed by atoms with van der Waals surface area (Å²) in [7, 11) is 1.63. The molecule has 2 fully saturated rings. The summed E-state index contributed by atoms with van der Waals surface area (Å²) in [6, 6.07) is 0. The van der Waals surface area contributed by atoms with Gasteiger partial charge in [-0.05, 0) is 38.5 Å². The van der Waals surface area contributed by atoms with E-state index >= 15 is 0 Å². The molecule has 0 spiro atoms. The van der Waals surface area contributed by atoms with Gasteiger partial charge in [-0.3, -0.25) is 0 Å². The van der Waals surface area contributed by atoms with Crippen molar-refractivity contribution in [3.8, 4) is 12.3 Å². The van der Waals surface area contributed by atoms with Crippen LogP contribution in [0.15, 0.2) is 0 Å². The fourth-order valence-electron chi connectivity index (χ4n) is 3.57. The highest BCUT2D eigenvalue weighted by molar-refractivity contribution is 4.92. The van der Waals surface area contributed by atoms with E-state index in [2.05, 4.69) is 12.8 Å². The molecule has 2 saturated heterocycles. The number of methoxy groups -OCH3 is 1. The second-order valence-corrected chi connectivity index (χ2v) is 6.43. The van der Waals surface area contributed by atoms with Crippen molar-refractivity contribution < 1.29 is 24.1 Å². The molecule has 0 radical (unpaired) electrons. The summed E-state index contributed by atoms with van der Waals surface area (Å²) < 4.78 is 23.0. The zero-order valence-corrected chi connectivity index (χ0v) is 14.3. The van der Waals surface area contributed by atoms with E-state index in [-0.39, 0.29) is 30.5 Å². The Morgan fingerprint density at radius 2 is 1.91 bits per heavy atom. The molecule has 0 aliphatic carbocycles. The number of aliphatic hydroxyl groups excluding tert-OH is 1. The Kier molecular flexibility index (Phi) is 7.81. The molecule has 132 valence electrons. The van der Waals surface area contributed by atoms with E-state index in [0.29, 0.717) is 13.2 Å². The number of aliphatic hydroxyl groups is 1. The molecular weight excluding hydrogens is 296 g/mol. The first-order valence-corrected chi connectivity index (χ1v) is 8.72. The highest BCUT2D eigenvalue weighted by Gasteiger charge is 2.39. The number of hydrogen-bond acceptors (Lipinski definition) is 5. The maximum Gasteiger partial charge on any atom is 0.146 e. The van der Waals surface area contributed by atoms with Crippen LogP contribution in [0, 0.1) is 12.3 Å².